The average Bonchev–Trinajstić information content (AvgIpc) is 2.74. The number of benzene rings is 3. The van der Waals surface area contributed by atoms with Gasteiger partial charge >= 0.3 is 0 Å². The standard InChI is InChI=1S/C26H24FNO/c1-17(2)26-25(20-9-12-24(27)18(3)13-20)23-11-10-22(14-21(23)15-28-26)29-16-19-7-5-4-6-8-19/h4-15,17H,16H2,1-3H3. The molecule has 0 amide bonds. The molecule has 0 radical (unpaired) electrons. The van der Waals surface area contributed by atoms with E-state index >= 15 is 0 Å². The van der Waals surface area contributed by atoms with E-state index in [2.05, 4.69) is 19.9 Å². The Kier molecular flexibility index (Phi) is 5.30. The number of ether oxygens (including phenoxy) is 1. The Morgan fingerprint density at radius 2 is 1.76 bits per heavy atom. The van der Waals surface area contributed by atoms with E-state index < -0.39 is 0 Å². The van der Waals surface area contributed by atoms with Gasteiger partial charge < -0.3 is 4.74 Å². The topological polar surface area (TPSA) is 22.1 Å². The number of fused-ring (bicyclic) bond motifs is 1. The van der Waals surface area contributed by atoms with E-state index in [1.165, 1.54) is 6.07 Å². The Morgan fingerprint density at radius 1 is 0.966 bits per heavy atom. The molecule has 3 heteroatoms. The fourth-order valence-electron chi connectivity index (χ4n) is 3.59. The molecule has 0 N–H and O–H groups in total. The van der Waals surface area contributed by atoms with Gasteiger partial charge in [0.25, 0.3) is 0 Å². The third-order valence-corrected chi connectivity index (χ3v) is 5.13. The second-order valence-corrected chi connectivity index (χ2v) is 7.66. The molecule has 1 aromatic heterocycles. The van der Waals surface area contributed by atoms with Crippen LogP contribution in [0.3, 0.4) is 0 Å². The number of nitrogens with zero attached hydrogens (tertiary/aromatic N) is 1. The molecular formula is C26H24FNO. The second kappa shape index (κ2) is 8.04. The van der Waals surface area contributed by atoms with Crippen molar-refractivity contribution in [2.45, 2.75) is 33.3 Å². The van der Waals surface area contributed by atoms with Crippen LogP contribution in [0.4, 0.5) is 4.39 Å². The van der Waals surface area contributed by atoms with Crippen molar-refractivity contribution in [3.8, 4) is 16.9 Å². The van der Waals surface area contributed by atoms with Crippen molar-refractivity contribution < 1.29 is 9.13 Å². The fraction of sp³-hybridized carbons (Fsp3) is 0.192. The minimum absolute atomic E-state index is 0.190. The molecule has 29 heavy (non-hydrogen) atoms. The zero-order chi connectivity index (χ0) is 20.4. The van der Waals surface area contributed by atoms with Crippen molar-refractivity contribution in [3.63, 3.8) is 0 Å². The first-order chi connectivity index (χ1) is 14.0. The molecule has 0 unspecified atom stereocenters. The van der Waals surface area contributed by atoms with E-state index in [9.17, 15) is 4.39 Å². The van der Waals surface area contributed by atoms with Crippen molar-refractivity contribution in [3.05, 3.63) is 95.6 Å². The summed E-state index contributed by atoms with van der Waals surface area (Å²) in [5.74, 6) is 0.875. The molecular weight excluding hydrogens is 361 g/mol. The Labute approximate surface area is 171 Å². The lowest BCUT2D eigenvalue weighted by atomic mass is 9.92. The molecule has 1 heterocycles. The molecule has 2 nitrogen and oxygen atoms in total. The third kappa shape index (κ3) is 4.00. The summed E-state index contributed by atoms with van der Waals surface area (Å²) >= 11 is 0. The highest BCUT2D eigenvalue weighted by atomic mass is 19.1. The molecule has 0 saturated heterocycles. The highest BCUT2D eigenvalue weighted by Crippen LogP contribution is 2.36. The molecule has 0 fully saturated rings. The molecule has 3 aromatic carbocycles. The number of halogens is 1. The van der Waals surface area contributed by atoms with Gasteiger partial charge in [0.2, 0.25) is 0 Å². The van der Waals surface area contributed by atoms with E-state index in [4.69, 9.17) is 9.72 Å². The molecule has 0 aliphatic heterocycles. The molecule has 4 aromatic rings. The Hall–Kier alpha value is -3.20. The van der Waals surface area contributed by atoms with E-state index in [-0.39, 0.29) is 11.7 Å². The summed E-state index contributed by atoms with van der Waals surface area (Å²) in [6.07, 6.45) is 1.90. The number of aromatic nitrogens is 1. The minimum atomic E-state index is -0.190. The summed E-state index contributed by atoms with van der Waals surface area (Å²) in [5, 5.41) is 2.11. The molecule has 0 atom stereocenters. The van der Waals surface area contributed by atoms with Crippen molar-refractivity contribution in [2.75, 3.05) is 0 Å². The Morgan fingerprint density at radius 3 is 2.48 bits per heavy atom. The van der Waals surface area contributed by atoms with Crippen LogP contribution in [0, 0.1) is 12.7 Å². The lowest BCUT2D eigenvalue weighted by Gasteiger charge is -2.16. The van der Waals surface area contributed by atoms with Crippen LogP contribution in [0.15, 0.2) is 72.9 Å². The van der Waals surface area contributed by atoms with Gasteiger partial charge in [-0.3, -0.25) is 4.98 Å². The molecule has 0 spiro atoms. The number of rotatable bonds is 5. The maximum absolute atomic E-state index is 13.8. The molecule has 0 aliphatic rings. The molecule has 4 rings (SSSR count). The van der Waals surface area contributed by atoms with E-state index in [1.54, 1.807) is 6.92 Å². The predicted molar refractivity (Wildman–Crippen MR) is 117 cm³/mol. The van der Waals surface area contributed by atoms with Crippen molar-refractivity contribution in [1.82, 2.24) is 4.98 Å². The highest BCUT2D eigenvalue weighted by Gasteiger charge is 2.15. The van der Waals surface area contributed by atoms with E-state index in [1.807, 2.05) is 60.8 Å². The summed E-state index contributed by atoms with van der Waals surface area (Å²) in [6.45, 7) is 6.58. The maximum Gasteiger partial charge on any atom is 0.126 e. The Bertz CT molecular complexity index is 1150. The van der Waals surface area contributed by atoms with Crippen LogP contribution >= 0.6 is 0 Å². The predicted octanol–water partition coefficient (Wildman–Crippen LogP) is 7.05. The first-order valence-corrected chi connectivity index (χ1v) is 9.89. The van der Waals surface area contributed by atoms with Gasteiger partial charge in [0.1, 0.15) is 18.2 Å². The molecule has 0 aliphatic carbocycles. The average molecular weight is 385 g/mol. The van der Waals surface area contributed by atoms with Crippen LogP contribution in [0.5, 0.6) is 5.75 Å². The number of aryl methyl sites for hydroxylation is 1. The van der Waals surface area contributed by atoms with Crippen LogP contribution in [0.1, 0.15) is 36.6 Å². The van der Waals surface area contributed by atoms with Crippen LogP contribution in [-0.2, 0) is 6.61 Å². The van der Waals surface area contributed by atoms with Gasteiger partial charge in [-0.2, -0.15) is 0 Å². The van der Waals surface area contributed by atoms with Gasteiger partial charge in [-0.25, -0.2) is 4.39 Å². The van der Waals surface area contributed by atoms with Crippen LogP contribution < -0.4 is 4.74 Å². The van der Waals surface area contributed by atoms with Gasteiger partial charge in [-0.1, -0.05) is 50.2 Å². The van der Waals surface area contributed by atoms with Crippen LogP contribution in [0.2, 0.25) is 0 Å². The number of hydrogen-bond donors (Lipinski definition) is 0. The highest BCUT2D eigenvalue weighted by molar-refractivity contribution is 5.98. The van der Waals surface area contributed by atoms with Gasteiger partial charge in [0.15, 0.2) is 0 Å². The lowest BCUT2D eigenvalue weighted by Crippen LogP contribution is -1.99. The van der Waals surface area contributed by atoms with Crippen LogP contribution in [-0.4, -0.2) is 4.98 Å². The summed E-state index contributed by atoms with van der Waals surface area (Å²) in [5.41, 5.74) is 4.83. The normalized spacial score (nSPS) is 11.2. The van der Waals surface area contributed by atoms with Gasteiger partial charge in [0.05, 0.1) is 5.69 Å². The second-order valence-electron chi connectivity index (χ2n) is 7.66. The zero-order valence-electron chi connectivity index (χ0n) is 16.9. The SMILES string of the molecule is Cc1cc(-c2c(C(C)C)ncc3cc(OCc4ccccc4)ccc23)ccc1F. The summed E-state index contributed by atoms with van der Waals surface area (Å²) in [6, 6.07) is 21.5. The monoisotopic (exact) mass is 385 g/mol. The molecule has 0 bridgehead atoms. The number of pyridine rings is 1. The zero-order valence-corrected chi connectivity index (χ0v) is 16.9. The van der Waals surface area contributed by atoms with Crippen molar-refractivity contribution in [2.24, 2.45) is 0 Å². The maximum atomic E-state index is 13.8. The van der Waals surface area contributed by atoms with Crippen molar-refractivity contribution >= 4 is 10.8 Å². The Balaban J connectivity index is 1.76. The summed E-state index contributed by atoms with van der Waals surface area (Å²) in [7, 11) is 0. The third-order valence-electron chi connectivity index (χ3n) is 5.13. The lowest BCUT2D eigenvalue weighted by molar-refractivity contribution is 0.306. The largest absolute Gasteiger partial charge is 0.489 e. The summed E-state index contributed by atoms with van der Waals surface area (Å²) in [4.78, 5) is 4.74. The quantitative estimate of drug-likeness (QED) is 0.367. The van der Waals surface area contributed by atoms with Gasteiger partial charge in [-0.05, 0) is 65.3 Å². The van der Waals surface area contributed by atoms with Crippen molar-refractivity contribution in [1.29, 1.82) is 0 Å². The van der Waals surface area contributed by atoms with E-state index in [0.29, 0.717) is 12.2 Å². The first kappa shape index (κ1) is 19.1. The van der Waals surface area contributed by atoms with Gasteiger partial charge in [-0.15, -0.1) is 0 Å². The first-order valence-electron chi connectivity index (χ1n) is 9.89. The molecule has 146 valence electrons. The van der Waals surface area contributed by atoms with Crippen LogP contribution in [0.25, 0.3) is 21.9 Å². The van der Waals surface area contributed by atoms with Gasteiger partial charge in [0, 0.05) is 17.1 Å². The smallest absolute Gasteiger partial charge is 0.126 e. The summed E-state index contributed by atoms with van der Waals surface area (Å²) < 4.78 is 19.8. The molecule has 0 saturated carbocycles. The fourth-order valence-corrected chi connectivity index (χ4v) is 3.59. The van der Waals surface area contributed by atoms with E-state index in [0.717, 1.165) is 38.9 Å². The minimum Gasteiger partial charge on any atom is -0.489 e. The number of hydrogen-bond acceptors (Lipinski definition) is 2.